The molecule has 0 amide bonds. The summed E-state index contributed by atoms with van der Waals surface area (Å²) in [6.45, 7) is 0. The Labute approximate surface area is 133 Å². The van der Waals surface area contributed by atoms with Gasteiger partial charge < -0.3 is 4.42 Å². The van der Waals surface area contributed by atoms with E-state index in [1.165, 1.54) is 6.20 Å². The van der Waals surface area contributed by atoms with Crippen molar-refractivity contribution >= 4 is 47.3 Å². The number of aromatic nitrogens is 5. The van der Waals surface area contributed by atoms with E-state index in [0.717, 1.165) is 0 Å². The van der Waals surface area contributed by atoms with E-state index in [2.05, 4.69) is 30.7 Å². The average Bonchev–Trinajstić information content (AvgIpc) is 2.90. The topological polar surface area (TPSA) is 92.5 Å². The van der Waals surface area contributed by atoms with Gasteiger partial charge in [-0.25, -0.2) is 10.1 Å². The minimum absolute atomic E-state index is 0.149. The van der Waals surface area contributed by atoms with E-state index in [-0.39, 0.29) is 16.7 Å². The number of halogens is 2. The fraction of sp³-hybridized carbons (Fsp3) is 0. The fourth-order valence-corrected chi connectivity index (χ4v) is 2.09. The van der Waals surface area contributed by atoms with Crippen molar-refractivity contribution in [1.82, 2.24) is 25.4 Å². The maximum atomic E-state index is 6.08. The van der Waals surface area contributed by atoms with Crippen molar-refractivity contribution in [3.8, 4) is 11.5 Å². The highest BCUT2D eigenvalue weighted by atomic mass is 35.5. The lowest BCUT2D eigenvalue weighted by atomic mass is 10.2. The molecule has 3 aromatic rings. The summed E-state index contributed by atoms with van der Waals surface area (Å²) in [7, 11) is 0. The number of aromatic amines is 1. The Kier molecular flexibility index (Phi) is 3.82. The molecule has 0 atom stereocenters. The van der Waals surface area contributed by atoms with E-state index in [1.54, 1.807) is 18.2 Å². The van der Waals surface area contributed by atoms with Crippen LogP contribution in [-0.2, 0) is 0 Å². The van der Waals surface area contributed by atoms with Crippen LogP contribution in [-0.4, -0.2) is 25.4 Å². The molecule has 0 spiro atoms. The maximum absolute atomic E-state index is 6.08. The quantitative estimate of drug-likeness (QED) is 0.703. The van der Waals surface area contributed by atoms with Crippen LogP contribution in [0.5, 0.6) is 0 Å². The molecule has 3 rings (SSSR count). The monoisotopic (exact) mass is 340 g/mol. The fourth-order valence-electron chi connectivity index (χ4n) is 1.50. The first kappa shape index (κ1) is 13.9. The minimum Gasteiger partial charge on any atom is -0.403 e. The number of benzene rings is 1. The van der Waals surface area contributed by atoms with E-state index in [0.29, 0.717) is 21.4 Å². The lowest BCUT2D eigenvalue weighted by molar-refractivity contribution is 0.587. The summed E-state index contributed by atoms with van der Waals surface area (Å²) in [6, 6.07) is 5.12. The van der Waals surface area contributed by atoms with Gasteiger partial charge in [-0.3, -0.25) is 5.32 Å². The van der Waals surface area contributed by atoms with E-state index in [1.807, 2.05) is 0 Å². The van der Waals surface area contributed by atoms with Crippen molar-refractivity contribution < 1.29 is 4.42 Å². The van der Waals surface area contributed by atoms with Gasteiger partial charge in [-0.1, -0.05) is 28.3 Å². The van der Waals surface area contributed by atoms with Crippen LogP contribution in [0, 0.1) is 4.77 Å². The van der Waals surface area contributed by atoms with Crippen LogP contribution in [0.25, 0.3) is 11.5 Å². The van der Waals surface area contributed by atoms with Crippen molar-refractivity contribution in [2.45, 2.75) is 0 Å². The molecule has 7 nitrogen and oxygen atoms in total. The summed E-state index contributed by atoms with van der Waals surface area (Å²) in [5.74, 6) is 0.650. The summed E-state index contributed by atoms with van der Waals surface area (Å²) in [5.41, 5.74) is 0.583. The summed E-state index contributed by atoms with van der Waals surface area (Å²) < 4.78 is 5.73. The van der Waals surface area contributed by atoms with Crippen LogP contribution in [0.1, 0.15) is 0 Å². The molecular weight excluding hydrogens is 335 g/mol. The van der Waals surface area contributed by atoms with Gasteiger partial charge in [0.1, 0.15) is 0 Å². The van der Waals surface area contributed by atoms with Gasteiger partial charge in [-0.2, -0.15) is 5.10 Å². The van der Waals surface area contributed by atoms with E-state index in [9.17, 15) is 0 Å². The second kappa shape index (κ2) is 5.76. The van der Waals surface area contributed by atoms with Crippen LogP contribution in [0.2, 0.25) is 10.0 Å². The molecule has 0 saturated carbocycles. The molecule has 0 fully saturated rings. The van der Waals surface area contributed by atoms with Gasteiger partial charge >= 0.3 is 6.01 Å². The minimum atomic E-state index is 0.149. The molecule has 0 unspecified atom stereocenters. The molecule has 0 aliphatic rings. The van der Waals surface area contributed by atoms with Crippen molar-refractivity contribution in [2.24, 2.45) is 0 Å². The van der Waals surface area contributed by atoms with Crippen molar-refractivity contribution in [2.75, 3.05) is 5.32 Å². The molecule has 0 aliphatic carbocycles. The molecule has 0 radical (unpaired) electrons. The first-order chi connectivity index (χ1) is 10.1. The zero-order valence-corrected chi connectivity index (χ0v) is 12.5. The van der Waals surface area contributed by atoms with E-state index < -0.39 is 0 Å². The molecular formula is C11H6Cl2N6OS. The van der Waals surface area contributed by atoms with Gasteiger partial charge in [0.05, 0.1) is 16.8 Å². The number of nitrogens with one attached hydrogen (secondary N) is 2. The lowest BCUT2D eigenvalue weighted by Crippen LogP contribution is -1.96. The SMILES string of the molecule is S=c1ncc(Nc2nnc(-c3ccc(Cl)cc3Cl)o2)n[nH]1. The van der Waals surface area contributed by atoms with Crippen LogP contribution in [0.3, 0.4) is 0 Å². The predicted octanol–water partition coefficient (Wildman–Crippen LogP) is 3.63. The standard InChI is InChI=1S/C11H6Cl2N6OS/c12-5-1-2-6(7(13)3-5)9-17-18-10(20-9)15-8-4-14-11(21)19-16-8/h1-4H,(H,14,19,21)(H,15,16,18). The van der Waals surface area contributed by atoms with Crippen LogP contribution < -0.4 is 5.32 Å². The van der Waals surface area contributed by atoms with Crippen LogP contribution in [0.4, 0.5) is 11.8 Å². The molecule has 0 bridgehead atoms. The van der Waals surface area contributed by atoms with Gasteiger partial charge in [0.15, 0.2) is 5.82 Å². The largest absolute Gasteiger partial charge is 0.403 e. The lowest BCUT2D eigenvalue weighted by Gasteiger charge is -1.99. The molecule has 0 aliphatic heterocycles. The smallest absolute Gasteiger partial charge is 0.321 e. The van der Waals surface area contributed by atoms with Gasteiger partial charge in [-0.05, 0) is 30.4 Å². The number of hydrogen-bond acceptors (Lipinski definition) is 7. The average molecular weight is 341 g/mol. The highest BCUT2D eigenvalue weighted by molar-refractivity contribution is 7.71. The third-order valence-electron chi connectivity index (χ3n) is 2.40. The Bertz CT molecular complexity index is 828. The molecule has 1 aromatic carbocycles. The van der Waals surface area contributed by atoms with Crippen molar-refractivity contribution in [1.29, 1.82) is 0 Å². The van der Waals surface area contributed by atoms with Crippen LogP contribution >= 0.6 is 35.4 Å². The Balaban J connectivity index is 1.86. The van der Waals surface area contributed by atoms with Gasteiger partial charge in [0, 0.05) is 5.02 Å². The maximum Gasteiger partial charge on any atom is 0.321 e. The first-order valence-corrected chi connectivity index (χ1v) is 6.76. The second-order valence-electron chi connectivity index (χ2n) is 3.83. The third-order valence-corrected chi connectivity index (χ3v) is 3.14. The Hall–Kier alpha value is -2.03. The first-order valence-electron chi connectivity index (χ1n) is 5.59. The predicted molar refractivity (Wildman–Crippen MR) is 80.3 cm³/mol. The number of H-pyrrole nitrogens is 1. The Morgan fingerprint density at radius 3 is 2.81 bits per heavy atom. The van der Waals surface area contributed by atoms with Crippen molar-refractivity contribution in [3.05, 3.63) is 39.2 Å². The second-order valence-corrected chi connectivity index (χ2v) is 5.06. The van der Waals surface area contributed by atoms with Gasteiger partial charge in [0.2, 0.25) is 4.77 Å². The number of nitrogens with zero attached hydrogens (tertiary/aromatic N) is 4. The summed E-state index contributed by atoms with van der Waals surface area (Å²) in [4.78, 5) is 3.87. The highest BCUT2D eigenvalue weighted by Gasteiger charge is 2.12. The molecule has 2 N–H and O–H groups in total. The zero-order chi connectivity index (χ0) is 14.8. The summed E-state index contributed by atoms with van der Waals surface area (Å²) >= 11 is 16.7. The zero-order valence-electron chi connectivity index (χ0n) is 10.2. The Morgan fingerprint density at radius 2 is 2.10 bits per heavy atom. The van der Waals surface area contributed by atoms with Crippen molar-refractivity contribution in [3.63, 3.8) is 0 Å². The molecule has 2 heterocycles. The van der Waals surface area contributed by atoms with E-state index in [4.69, 9.17) is 39.8 Å². The highest BCUT2D eigenvalue weighted by Crippen LogP contribution is 2.30. The van der Waals surface area contributed by atoms with Gasteiger partial charge in [0.25, 0.3) is 5.89 Å². The molecule has 106 valence electrons. The number of rotatable bonds is 3. The molecule has 21 heavy (non-hydrogen) atoms. The Morgan fingerprint density at radius 1 is 1.24 bits per heavy atom. The van der Waals surface area contributed by atoms with Crippen LogP contribution in [0.15, 0.2) is 28.8 Å². The van der Waals surface area contributed by atoms with E-state index >= 15 is 0 Å². The normalized spacial score (nSPS) is 10.6. The number of anilines is 2. The molecule has 0 saturated heterocycles. The summed E-state index contributed by atoms with van der Waals surface area (Å²) in [5, 5.41) is 17.9. The third kappa shape index (κ3) is 3.18. The molecule has 2 aromatic heterocycles. The molecule has 10 heteroatoms. The summed E-state index contributed by atoms with van der Waals surface area (Å²) in [6.07, 6.45) is 1.44. The van der Waals surface area contributed by atoms with Gasteiger partial charge in [-0.15, -0.1) is 5.10 Å². The number of hydrogen-bond donors (Lipinski definition) is 2.